The number of nitrogens with one attached hydrogen (secondary N) is 1. The molecule has 3 rings (SSSR count). The van der Waals surface area contributed by atoms with Gasteiger partial charge in [-0.15, -0.1) is 0 Å². The molecular formula is C21H29BrN2O2. The molecule has 1 N–H and O–H groups in total. The third-order valence-corrected chi connectivity index (χ3v) is 6.22. The average Bonchev–Trinajstić information content (AvgIpc) is 2.63. The van der Waals surface area contributed by atoms with Crippen LogP contribution in [-0.4, -0.2) is 44.2 Å². The molecule has 1 atom stereocenters. The predicted molar refractivity (Wildman–Crippen MR) is 109 cm³/mol. The molecule has 3 aliphatic rings. The highest BCUT2D eigenvalue weighted by molar-refractivity contribution is 9.11. The van der Waals surface area contributed by atoms with Gasteiger partial charge in [0.25, 0.3) is 0 Å². The summed E-state index contributed by atoms with van der Waals surface area (Å²) in [6, 6.07) is 0. The van der Waals surface area contributed by atoms with Crippen LogP contribution < -0.4 is 5.32 Å². The lowest BCUT2D eigenvalue weighted by Gasteiger charge is -2.43. The quantitative estimate of drug-likeness (QED) is 0.684. The molecule has 0 radical (unpaired) electrons. The Labute approximate surface area is 165 Å². The molecule has 0 aromatic heterocycles. The third kappa shape index (κ3) is 3.84. The maximum Gasteiger partial charge on any atom is 0.340 e. The molecular weight excluding hydrogens is 392 g/mol. The number of ether oxygens (including phenoxy) is 1. The number of hydrogen-bond donors (Lipinski definition) is 1. The highest BCUT2D eigenvalue weighted by Gasteiger charge is 2.38. The fourth-order valence-corrected chi connectivity index (χ4v) is 4.52. The van der Waals surface area contributed by atoms with Gasteiger partial charge in [-0.05, 0) is 63.4 Å². The monoisotopic (exact) mass is 420 g/mol. The Balaban J connectivity index is 1.97. The van der Waals surface area contributed by atoms with Gasteiger partial charge < -0.3 is 15.0 Å². The Morgan fingerprint density at radius 2 is 2.15 bits per heavy atom. The second kappa shape index (κ2) is 8.13. The molecule has 0 saturated carbocycles. The number of allylic oxidation sites excluding steroid dienone is 5. The van der Waals surface area contributed by atoms with Crippen LogP contribution in [0, 0.1) is 11.3 Å². The normalized spacial score (nSPS) is 26.4. The molecule has 0 bridgehead atoms. The molecule has 0 spiro atoms. The van der Waals surface area contributed by atoms with Crippen LogP contribution in [0.1, 0.15) is 33.1 Å². The van der Waals surface area contributed by atoms with E-state index in [1.54, 1.807) is 0 Å². The van der Waals surface area contributed by atoms with Crippen LogP contribution in [0.15, 0.2) is 45.6 Å². The average molecular weight is 421 g/mol. The zero-order valence-corrected chi connectivity index (χ0v) is 17.6. The number of piperidine rings is 1. The highest BCUT2D eigenvalue weighted by atomic mass is 79.9. The second-order valence-electron chi connectivity index (χ2n) is 7.57. The van der Waals surface area contributed by atoms with Gasteiger partial charge >= 0.3 is 5.97 Å². The topological polar surface area (TPSA) is 41.6 Å². The molecule has 1 saturated heterocycles. The maximum absolute atomic E-state index is 12.7. The highest BCUT2D eigenvalue weighted by Crippen LogP contribution is 2.47. The smallest absolute Gasteiger partial charge is 0.340 e. The molecule has 1 fully saturated rings. The van der Waals surface area contributed by atoms with Crippen molar-refractivity contribution in [2.24, 2.45) is 11.3 Å². The number of nitrogens with zero attached hydrogens (tertiary/aromatic N) is 1. The van der Waals surface area contributed by atoms with Crippen LogP contribution in [-0.2, 0) is 9.53 Å². The zero-order chi connectivity index (χ0) is 18.7. The van der Waals surface area contributed by atoms with E-state index in [9.17, 15) is 4.79 Å². The van der Waals surface area contributed by atoms with Gasteiger partial charge in [-0.3, -0.25) is 0 Å². The molecule has 1 unspecified atom stereocenters. The number of carbonyl (C=O) groups excluding carboxylic acids is 1. The van der Waals surface area contributed by atoms with Crippen molar-refractivity contribution in [1.29, 1.82) is 0 Å². The van der Waals surface area contributed by atoms with Crippen molar-refractivity contribution >= 4 is 21.9 Å². The first-order chi connectivity index (χ1) is 12.5. The Kier molecular flexibility index (Phi) is 6.08. The standard InChI is InChI=1S/C21H29BrN2O2/c1-4-26-20(25)17-6-10-21(2)9-5-16(22)13-18(21)19(17)24-11-7-15(8-12-24)14-23-3/h5-6,10,13,15,23H,4,7-9,11-12,14H2,1-3H3. The Morgan fingerprint density at radius 1 is 1.42 bits per heavy atom. The van der Waals surface area contributed by atoms with Crippen LogP contribution in [0.25, 0.3) is 0 Å². The molecule has 2 aliphatic carbocycles. The minimum atomic E-state index is -0.218. The predicted octanol–water partition coefficient (Wildman–Crippen LogP) is 3.92. The van der Waals surface area contributed by atoms with Crippen LogP contribution in [0.5, 0.6) is 0 Å². The first-order valence-corrected chi connectivity index (χ1v) is 10.4. The number of rotatable bonds is 5. The lowest BCUT2D eigenvalue weighted by molar-refractivity contribution is -0.138. The Morgan fingerprint density at radius 3 is 2.81 bits per heavy atom. The first kappa shape index (κ1) is 19.4. The first-order valence-electron chi connectivity index (χ1n) is 9.57. The minimum Gasteiger partial charge on any atom is -0.462 e. The molecule has 4 nitrogen and oxygen atoms in total. The summed E-state index contributed by atoms with van der Waals surface area (Å²) in [5, 5.41) is 3.29. The summed E-state index contributed by atoms with van der Waals surface area (Å²) in [6.45, 7) is 7.53. The van der Waals surface area contributed by atoms with Crippen LogP contribution in [0.2, 0.25) is 0 Å². The molecule has 142 valence electrons. The maximum atomic E-state index is 12.7. The van der Waals surface area contributed by atoms with E-state index in [1.165, 1.54) is 5.57 Å². The van der Waals surface area contributed by atoms with Gasteiger partial charge in [0.05, 0.1) is 17.9 Å². The van der Waals surface area contributed by atoms with Gasteiger partial charge in [-0.25, -0.2) is 4.79 Å². The molecule has 5 heteroatoms. The van der Waals surface area contributed by atoms with Crippen molar-refractivity contribution < 1.29 is 9.53 Å². The van der Waals surface area contributed by atoms with Crippen molar-refractivity contribution in [3.05, 3.63) is 45.6 Å². The summed E-state index contributed by atoms with van der Waals surface area (Å²) in [6.07, 6.45) is 11.8. The van der Waals surface area contributed by atoms with Crippen LogP contribution in [0.3, 0.4) is 0 Å². The lowest BCUT2D eigenvalue weighted by atomic mass is 9.70. The zero-order valence-electron chi connectivity index (χ0n) is 16.0. The van der Waals surface area contributed by atoms with E-state index in [1.807, 2.05) is 20.0 Å². The molecule has 0 amide bonds. The summed E-state index contributed by atoms with van der Waals surface area (Å²) in [7, 11) is 2.02. The van der Waals surface area contributed by atoms with E-state index in [4.69, 9.17) is 4.74 Å². The van der Waals surface area contributed by atoms with E-state index in [0.29, 0.717) is 18.1 Å². The lowest BCUT2D eigenvalue weighted by Crippen LogP contribution is -2.40. The fourth-order valence-electron chi connectivity index (χ4n) is 4.13. The van der Waals surface area contributed by atoms with Crippen molar-refractivity contribution in [1.82, 2.24) is 10.2 Å². The summed E-state index contributed by atoms with van der Waals surface area (Å²) < 4.78 is 6.45. The van der Waals surface area contributed by atoms with E-state index in [0.717, 1.165) is 49.1 Å². The molecule has 0 aromatic rings. The van der Waals surface area contributed by atoms with E-state index < -0.39 is 0 Å². The largest absolute Gasteiger partial charge is 0.462 e. The second-order valence-corrected chi connectivity index (χ2v) is 8.49. The molecule has 1 heterocycles. The van der Waals surface area contributed by atoms with Gasteiger partial charge in [0.15, 0.2) is 0 Å². The van der Waals surface area contributed by atoms with Gasteiger partial charge in [-0.1, -0.05) is 35.0 Å². The molecule has 1 aliphatic heterocycles. The Hall–Kier alpha value is -1.33. The number of esters is 1. The number of hydrogen-bond acceptors (Lipinski definition) is 4. The third-order valence-electron chi connectivity index (χ3n) is 5.67. The van der Waals surface area contributed by atoms with Gasteiger partial charge in [-0.2, -0.15) is 0 Å². The summed E-state index contributed by atoms with van der Waals surface area (Å²) in [5.41, 5.74) is 2.93. The SMILES string of the molecule is CCOC(=O)C1=C(N2CCC(CNC)CC2)C2=CC(Br)=CCC2(C)C=C1. The van der Waals surface area contributed by atoms with Gasteiger partial charge in [0.1, 0.15) is 0 Å². The minimum absolute atomic E-state index is 0.0651. The summed E-state index contributed by atoms with van der Waals surface area (Å²) >= 11 is 3.64. The van der Waals surface area contributed by atoms with Crippen LogP contribution >= 0.6 is 15.9 Å². The van der Waals surface area contributed by atoms with E-state index >= 15 is 0 Å². The van der Waals surface area contributed by atoms with Gasteiger partial charge in [0, 0.05) is 23.0 Å². The van der Waals surface area contributed by atoms with Crippen molar-refractivity contribution in [3.63, 3.8) is 0 Å². The van der Waals surface area contributed by atoms with Crippen LogP contribution in [0.4, 0.5) is 0 Å². The Bertz CT molecular complexity index is 684. The van der Waals surface area contributed by atoms with Crippen molar-refractivity contribution in [2.45, 2.75) is 33.1 Å². The number of carbonyl (C=O) groups is 1. The van der Waals surface area contributed by atoms with E-state index in [-0.39, 0.29) is 11.4 Å². The summed E-state index contributed by atoms with van der Waals surface area (Å²) in [4.78, 5) is 15.1. The van der Waals surface area contributed by atoms with Crippen molar-refractivity contribution in [2.75, 3.05) is 33.3 Å². The number of halogens is 1. The van der Waals surface area contributed by atoms with Gasteiger partial charge in [0.2, 0.25) is 0 Å². The molecule has 0 aromatic carbocycles. The number of likely N-dealkylation sites (tertiary alicyclic amines) is 1. The van der Waals surface area contributed by atoms with Crippen molar-refractivity contribution in [3.8, 4) is 0 Å². The molecule has 26 heavy (non-hydrogen) atoms. The summed E-state index contributed by atoms with van der Waals surface area (Å²) in [5.74, 6) is 0.491. The van der Waals surface area contributed by atoms with E-state index in [2.05, 4.69) is 51.3 Å². The number of fused-ring (bicyclic) bond motifs is 1. The fraction of sp³-hybridized carbons (Fsp3) is 0.571.